The highest BCUT2D eigenvalue weighted by molar-refractivity contribution is 7.98. The van der Waals surface area contributed by atoms with Gasteiger partial charge in [-0.3, -0.25) is 14.4 Å². The van der Waals surface area contributed by atoms with Crippen molar-refractivity contribution in [3.63, 3.8) is 0 Å². The summed E-state index contributed by atoms with van der Waals surface area (Å²) in [6, 6.07) is 13.8. The second kappa shape index (κ2) is 11.3. The van der Waals surface area contributed by atoms with E-state index in [-0.39, 0.29) is 30.7 Å². The maximum absolute atomic E-state index is 13.8. The Morgan fingerprint density at radius 2 is 1.97 bits per heavy atom. The minimum absolute atomic E-state index is 0.0691. The zero-order valence-electron chi connectivity index (χ0n) is 21.3. The van der Waals surface area contributed by atoms with Crippen molar-refractivity contribution in [2.75, 3.05) is 18.6 Å². The molecule has 38 heavy (non-hydrogen) atoms. The Morgan fingerprint density at radius 3 is 2.66 bits per heavy atom. The predicted octanol–water partition coefficient (Wildman–Crippen LogP) is 3.08. The number of hydrogen-bond acceptors (Lipinski definition) is 7. The van der Waals surface area contributed by atoms with E-state index in [0.717, 1.165) is 27.3 Å². The summed E-state index contributed by atoms with van der Waals surface area (Å²) in [7, 11) is 0. The summed E-state index contributed by atoms with van der Waals surface area (Å²) >= 11 is 3.07. The van der Waals surface area contributed by atoms with Gasteiger partial charge in [0.2, 0.25) is 11.8 Å². The van der Waals surface area contributed by atoms with Crippen LogP contribution in [0.2, 0.25) is 0 Å². The van der Waals surface area contributed by atoms with Gasteiger partial charge in [0.05, 0.1) is 22.2 Å². The maximum Gasteiger partial charge on any atom is 0.255 e. The number of benzene rings is 2. The molecule has 0 radical (unpaired) electrons. The lowest BCUT2D eigenvalue weighted by molar-refractivity contribution is -0.141. The number of carbonyl (C=O) groups excluding carboxylic acids is 3. The van der Waals surface area contributed by atoms with Crippen molar-refractivity contribution in [1.82, 2.24) is 20.1 Å². The van der Waals surface area contributed by atoms with Crippen molar-refractivity contribution in [3.05, 3.63) is 76.4 Å². The van der Waals surface area contributed by atoms with Gasteiger partial charge in [0.25, 0.3) is 5.91 Å². The van der Waals surface area contributed by atoms with E-state index >= 15 is 0 Å². The van der Waals surface area contributed by atoms with E-state index in [1.807, 2.05) is 61.2 Å². The number of thiazole rings is 1. The Balaban J connectivity index is 1.26. The maximum atomic E-state index is 13.8. The predicted molar refractivity (Wildman–Crippen MR) is 149 cm³/mol. The Kier molecular flexibility index (Phi) is 7.83. The van der Waals surface area contributed by atoms with E-state index in [2.05, 4.69) is 10.3 Å². The van der Waals surface area contributed by atoms with Crippen molar-refractivity contribution < 1.29 is 19.5 Å². The van der Waals surface area contributed by atoms with Crippen LogP contribution in [0.3, 0.4) is 0 Å². The SMILES string of the molecule is CSCC(C(=O)N1C[C@H](O)C[C@H]1C(=O)NCc1ccc(-c2scnc2C)cc1)N1Cc2ccccc2C1=O. The lowest BCUT2D eigenvalue weighted by Gasteiger charge is -2.32. The van der Waals surface area contributed by atoms with Crippen LogP contribution in [0.25, 0.3) is 10.4 Å². The normalized spacial score (nSPS) is 19.5. The van der Waals surface area contributed by atoms with Gasteiger partial charge in [-0.15, -0.1) is 11.3 Å². The number of aliphatic hydroxyl groups is 1. The topological polar surface area (TPSA) is 103 Å². The highest BCUT2D eigenvalue weighted by Crippen LogP contribution is 2.29. The van der Waals surface area contributed by atoms with Gasteiger partial charge in [-0.1, -0.05) is 42.5 Å². The third kappa shape index (κ3) is 5.21. The Morgan fingerprint density at radius 1 is 1.21 bits per heavy atom. The molecule has 0 saturated carbocycles. The van der Waals surface area contributed by atoms with E-state index < -0.39 is 18.2 Å². The lowest BCUT2D eigenvalue weighted by Crippen LogP contribution is -2.54. The zero-order chi connectivity index (χ0) is 26.8. The molecule has 8 nitrogen and oxygen atoms in total. The molecule has 1 aromatic heterocycles. The van der Waals surface area contributed by atoms with E-state index in [4.69, 9.17) is 0 Å². The first kappa shape index (κ1) is 26.4. The summed E-state index contributed by atoms with van der Waals surface area (Å²) < 4.78 is 0. The number of hydrogen-bond donors (Lipinski definition) is 2. The molecular weight excluding hydrogens is 520 g/mol. The molecule has 3 heterocycles. The number of aromatic nitrogens is 1. The Bertz CT molecular complexity index is 1340. The second-order valence-corrected chi connectivity index (χ2v) is 11.4. The number of aliphatic hydroxyl groups excluding tert-OH is 1. The van der Waals surface area contributed by atoms with Crippen molar-refractivity contribution in [2.45, 2.75) is 44.6 Å². The molecule has 0 aliphatic carbocycles. The summed E-state index contributed by atoms with van der Waals surface area (Å²) in [5.41, 5.74) is 6.32. The third-order valence-electron chi connectivity index (χ3n) is 7.13. The summed E-state index contributed by atoms with van der Waals surface area (Å²) in [6.45, 7) is 2.71. The molecule has 3 amide bonds. The smallest absolute Gasteiger partial charge is 0.255 e. The van der Waals surface area contributed by atoms with Gasteiger partial charge in [-0.25, -0.2) is 4.98 Å². The molecule has 3 aromatic rings. The molecule has 1 saturated heterocycles. The van der Waals surface area contributed by atoms with Gasteiger partial charge in [-0.2, -0.15) is 11.8 Å². The minimum atomic E-state index is -0.793. The summed E-state index contributed by atoms with van der Waals surface area (Å²) in [4.78, 5) is 48.5. The summed E-state index contributed by atoms with van der Waals surface area (Å²) in [5.74, 6) is -0.381. The van der Waals surface area contributed by atoms with Crippen molar-refractivity contribution in [3.8, 4) is 10.4 Å². The number of β-amino-alcohol motifs (C(OH)–C–C–N with tert-alkyl or cyclic N) is 1. The summed E-state index contributed by atoms with van der Waals surface area (Å²) in [6.07, 6.45) is 1.26. The fourth-order valence-corrected chi connectivity index (χ4v) is 6.59. The van der Waals surface area contributed by atoms with Crippen molar-refractivity contribution in [2.24, 2.45) is 0 Å². The minimum Gasteiger partial charge on any atom is -0.391 e. The number of thioether (sulfide) groups is 1. The Labute approximate surface area is 230 Å². The molecule has 2 aromatic carbocycles. The highest BCUT2D eigenvalue weighted by atomic mass is 32.2. The number of nitrogens with zero attached hydrogens (tertiary/aromatic N) is 3. The van der Waals surface area contributed by atoms with Crippen LogP contribution in [0.5, 0.6) is 0 Å². The molecule has 2 N–H and O–H groups in total. The molecule has 3 atom stereocenters. The van der Waals surface area contributed by atoms with Gasteiger partial charge in [0.15, 0.2) is 0 Å². The number of fused-ring (bicyclic) bond motifs is 1. The number of nitrogens with one attached hydrogen (secondary N) is 1. The van der Waals surface area contributed by atoms with Gasteiger partial charge in [-0.05, 0) is 35.9 Å². The molecule has 2 aliphatic heterocycles. The molecule has 2 aliphatic rings. The average molecular weight is 551 g/mol. The molecule has 0 bridgehead atoms. The quantitative estimate of drug-likeness (QED) is 0.447. The summed E-state index contributed by atoms with van der Waals surface area (Å²) in [5, 5.41) is 13.3. The van der Waals surface area contributed by atoms with Crippen LogP contribution < -0.4 is 5.32 Å². The molecule has 0 spiro atoms. The third-order valence-corrected chi connectivity index (χ3v) is 8.75. The van der Waals surface area contributed by atoms with E-state index in [0.29, 0.717) is 24.4 Å². The number of amides is 3. The van der Waals surface area contributed by atoms with Crippen LogP contribution in [0.4, 0.5) is 0 Å². The van der Waals surface area contributed by atoms with Crippen LogP contribution in [-0.4, -0.2) is 74.4 Å². The van der Waals surface area contributed by atoms with Gasteiger partial charge >= 0.3 is 0 Å². The van der Waals surface area contributed by atoms with Gasteiger partial charge in [0, 0.05) is 37.4 Å². The van der Waals surface area contributed by atoms with Gasteiger partial charge in [0.1, 0.15) is 12.1 Å². The zero-order valence-corrected chi connectivity index (χ0v) is 22.9. The van der Waals surface area contributed by atoms with E-state index in [1.54, 1.807) is 22.3 Å². The molecule has 1 unspecified atom stereocenters. The molecular formula is C28H30N4O4S2. The fourth-order valence-electron chi connectivity index (χ4n) is 5.14. The number of carbonyl (C=O) groups is 3. The number of likely N-dealkylation sites (tertiary alicyclic amines) is 1. The van der Waals surface area contributed by atoms with Crippen LogP contribution in [-0.2, 0) is 22.7 Å². The standard InChI is InChI=1S/C28H30N4O4S2/c1-17-25(38-16-30-17)19-9-7-18(8-10-19)12-29-26(34)23-11-21(33)14-32(23)28(36)24(15-37-2)31-13-20-5-3-4-6-22(20)27(31)35/h3-10,16,21,23-24,33H,11-15H2,1-2H3,(H,29,34)/t21-,23+,24?/m1/s1. The largest absolute Gasteiger partial charge is 0.391 e. The molecule has 10 heteroatoms. The average Bonchev–Trinajstić information content (AvgIpc) is 3.63. The van der Waals surface area contributed by atoms with Crippen LogP contribution in [0, 0.1) is 6.92 Å². The van der Waals surface area contributed by atoms with Crippen molar-refractivity contribution >= 4 is 40.8 Å². The van der Waals surface area contributed by atoms with Crippen LogP contribution in [0.1, 0.15) is 33.6 Å². The van der Waals surface area contributed by atoms with Crippen LogP contribution >= 0.6 is 23.1 Å². The monoisotopic (exact) mass is 550 g/mol. The van der Waals surface area contributed by atoms with Crippen molar-refractivity contribution in [1.29, 1.82) is 0 Å². The first-order valence-electron chi connectivity index (χ1n) is 12.5. The molecule has 1 fully saturated rings. The Hall–Kier alpha value is -3.21. The van der Waals surface area contributed by atoms with E-state index in [9.17, 15) is 19.5 Å². The number of aryl methyl sites for hydroxylation is 1. The molecule has 5 rings (SSSR count). The highest BCUT2D eigenvalue weighted by Gasteiger charge is 2.44. The van der Waals surface area contributed by atoms with Gasteiger partial charge < -0.3 is 20.2 Å². The first-order valence-corrected chi connectivity index (χ1v) is 14.8. The first-order chi connectivity index (χ1) is 18.4. The second-order valence-electron chi connectivity index (χ2n) is 9.64. The van der Waals surface area contributed by atoms with Crippen LogP contribution in [0.15, 0.2) is 54.0 Å². The molecule has 198 valence electrons. The fraction of sp³-hybridized carbons (Fsp3) is 0.357. The number of rotatable bonds is 8. The van der Waals surface area contributed by atoms with E-state index in [1.165, 1.54) is 16.7 Å². The lowest BCUT2D eigenvalue weighted by atomic mass is 10.1.